The number of fused-ring (bicyclic) bond motifs is 1. The quantitative estimate of drug-likeness (QED) is 0.263. The van der Waals surface area contributed by atoms with Crippen molar-refractivity contribution < 1.29 is 32.3 Å². The number of alkyl halides is 3. The van der Waals surface area contributed by atoms with Crippen molar-refractivity contribution in [1.82, 2.24) is 14.7 Å². The molecule has 1 aliphatic heterocycles. The van der Waals surface area contributed by atoms with Crippen LogP contribution in [0.25, 0.3) is 17.0 Å². The first-order valence-corrected chi connectivity index (χ1v) is 13.6. The van der Waals surface area contributed by atoms with Gasteiger partial charge in [-0.2, -0.15) is 18.3 Å². The standard InChI is InChI=1S/C28H27ClF3N3O4S/c1-5-23(36)22(15-39-27(2,3)4)35-25(37)24(40-26(35)38)11-16-6-9-21-18(10-16)13-33-34(21)14-17-7-8-19(29)12-20(17)28(30,31)32/h6-13,22H,5,14-15H2,1-4H3/t22-/m1/s1. The topological polar surface area (TPSA) is 81.5 Å². The van der Waals surface area contributed by atoms with Crippen LogP contribution in [0.5, 0.6) is 0 Å². The van der Waals surface area contributed by atoms with E-state index in [0.717, 1.165) is 22.7 Å². The number of carbonyl (C=O) groups is 3. The van der Waals surface area contributed by atoms with Crippen LogP contribution in [0.4, 0.5) is 18.0 Å². The molecule has 0 N–H and O–H groups in total. The van der Waals surface area contributed by atoms with E-state index in [1.54, 1.807) is 31.2 Å². The van der Waals surface area contributed by atoms with Crippen LogP contribution in [0.15, 0.2) is 47.5 Å². The van der Waals surface area contributed by atoms with Gasteiger partial charge in [-0.25, -0.2) is 0 Å². The monoisotopic (exact) mass is 593 g/mol. The predicted octanol–water partition coefficient (Wildman–Crippen LogP) is 6.96. The predicted molar refractivity (Wildman–Crippen MR) is 148 cm³/mol. The van der Waals surface area contributed by atoms with E-state index in [1.165, 1.54) is 23.0 Å². The van der Waals surface area contributed by atoms with E-state index >= 15 is 0 Å². The molecule has 40 heavy (non-hydrogen) atoms. The number of nitrogens with zero attached hydrogens (tertiary/aromatic N) is 3. The smallest absolute Gasteiger partial charge is 0.373 e. The van der Waals surface area contributed by atoms with Crippen molar-refractivity contribution in [3.8, 4) is 0 Å². The number of ketones is 1. The Balaban J connectivity index is 1.59. The number of hydrogen-bond donors (Lipinski definition) is 0. The molecule has 0 bridgehead atoms. The number of carbonyl (C=O) groups excluding carboxylic acids is 3. The Labute approximate surface area is 238 Å². The number of halogens is 4. The van der Waals surface area contributed by atoms with Crippen molar-refractivity contribution in [2.75, 3.05) is 6.61 Å². The van der Waals surface area contributed by atoms with Crippen LogP contribution < -0.4 is 0 Å². The molecule has 0 unspecified atom stereocenters. The second-order valence-corrected chi connectivity index (χ2v) is 11.7. The number of aromatic nitrogens is 2. The van der Waals surface area contributed by atoms with Gasteiger partial charge in [0, 0.05) is 16.8 Å². The van der Waals surface area contributed by atoms with Crippen molar-refractivity contribution in [2.45, 2.75) is 58.5 Å². The Kier molecular flexibility index (Phi) is 8.49. The third-order valence-corrected chi connectivity index (χ3v) is 7.31. The molecule has 1 aromatic heterocycles. The summed E-state index contributed by atoms with van der Waals surface area (Å²) < 4.78 is 47.8. The fourth-order valence-electron chi connectivity index (χ4n) is 4.21. The lowest BCUT2D eigenvalue weighted by atomic mass is 10.1. The van der Waals surface area contributed by atoms with Crippen LogP contribution in [0.2, 0.25) is 5.02 Å². The molecule has 0 saturated carbocycles. The molecule has 12 heteroatoms. The minimum atomic E-state index is -4.57. The molecular formula is C28H27ClF3N3O4S. The Morgan fingerprint density at radius 3 is 2.52 bits per heavy atom. The lowest BCUT2D eigenvalue weighted by Crippen LogP contribution is -2.47. The SMILES string of the molecule is CCC(=O)[C@@H](COC(C)(C)C)N1C(=O)SC(=Cc2ccc3c(cnn3Cc3ccc(Cl)cc3C(F)(F)F)c2)C1=O. The molecule has 4 rings (SSSR count). The summed E-state index contributed by atoms with van der Waals surface area (Å²) in [5.41, 5.74) is -0.202. The molecule has 1 atom stereocenters. The van der Waals surface area contributed by atoms with E-state index in [2.05, 4.69) is 5.10 Å². The van der Waals surface area contributed by atoms with Gasteiger partial charge < -0.3 is 4.74 Å². The molecule has 0 radical (unpaired) electrons. The highest BCUT2D eigenvalue weighted by molar-refractivity contribution is 8.18. The van der Waals surface area contributed by atoms with E-state index in [9.17, 15) is 27.6 Å². The Hall–Kier alpha value is -3.15. The molecular weight excluding hydrogens is 567 g/mol. The van der Waals surface area contributed by atoms with E-state index in [-0.39, 0.29) is 40.8 Å². The normalized spacial score (nSPS) is 16.4. The second-order valence-electron chi connectivity index (χ2n) is 10.2. The summed E-state index contributed by atoms with van der Waals surface area (Å²) in [7, 11) is 0. The second kappa shape index (κ2) is 11.4. The highest BCUT2D eigenvalue weighted by Crippen LogP contribution is 2.36. The maximum atomic E-state index is 13.5. The fraction of sp³-hybridized carbons (Fsp3) is 0.357. The summed E-state index contributed by atoms with van der Waals surface area (Å²) in [5, 5.41) is 4.31. The highest BCUT2D eigenvalue weighted by atomic mass is 35.5. The van der Waals surface area contributed by atoms with Gasteiger partial charge in [-0.3, -0.25) is 24.0 Å². The summed E-state index contributed by atoms with van der Waals surface area (Å²) in [6.45, 7) is 6.88. The molecule has 0 spiro atoms. The average molecular weight is 594 g/mol. The van der Waals surface area contributed by atoms with E-state index in [0.29, 0.717) is 16.5 Å². The number of thioether (sulfide) groups is 1. The van der Waals surface area contributed by atoms with Crippen LogP contribution in [-0.2, 0) is 27.0 Å². The summed E-state index contributed by atoms with van der Waals surface area (Å²) in [6, 6.07) is 7.67. The Bertz CT molecular complexity index is 1510. The fourth-order valence-corrected chi connectivity index (χ4v) is 5.26. The van der Waals surface area contributed by atoms with Gasteiger partial charge in [0.1, 0.15) is 6.04 Å². The number of Topliss-reactive ketones (excluding diaryl/α,β-unsaturated/α-hetero) is 1. The zero-order valence-corrected chi connectivity index (χ0v) is 23.8. The Morgan fingerprint density at radius 2 is 1.88 bits per heavy atom. The lowest BCUT2D eigenvalue weighted by molar-refractivity contribution is -0.138. The summed E-state index contributed by atoms with van der Waals surface area (Å²) in [6.07, 6.45) is -1.37. The number of rotatable bonds is 8. The largest absolute Gasteiger partial charge is 0.416 e. The number of imide groups is 1. The number of hydrogen-bond acceptors (Lipinski definition) is 6. The number of amides is 2. The molecule has 212 valence electrons. The third-order valence-electron chi connectivity index (χ3n) is 6.19. The van der Waals surface area contributed by atoms with Crippen molar-refractivity contribution in [1.29, 1.82) is 0 Å². The molecule has 3 aromatic rings. The minimum Gasteiger partial charge on any atom is -0.373 e. The average Bonchev–Trinajstić information content (AvgIpc) is 3.38. The van der Waals surface area contributed by atoms with Gasteiger partial charge in [-0.15, -0.1) is 0 Å². The van der Waals surface area contributed by atoms with Gasteiger partial charge in [0.05, 0.1) is 40.9 Å². The molecule has 1 fully saturated rings. The zero-order chi connectivity index (χ0) is 29.4. The van der Waals surface area contributed by atoms with Crippen molar-refractivity contribution in [3.63, 3.8) is 0 Å². The molecule has 1 aliphatic rings. The van der Waals surface area contributed by atoms with Crippen molar-refractivity contribution in [3.05, 3.63) is 69.2 Å². The summed E-state index contributed by atoms with van der Waals surface area (Å²) >= 11 is 6.52. The van der Waals surface area contributed by atoms with E-state index in [4.69, 9.17) is 16.3 Å². The molecule has 2 amide bonds. The number of benzene rings is 2. The van der Waals surface area contributed by atoms with Crippen molar-refractivity contribution in [2.24, 2.45) is 0 Å². The highest BCUT2D eigenvalue weighted by Gasteiger charge is 2.42. The lowest BCUT2D eigenvalue weighted by Gasteiger charge is -2.28. The van der Waals surface area contributed by atoms with Crippen LogP contribution in [0, 0.1) is 0 Å². The first kappa shape index (κ1) is 29.8. The van der Waals surface area contributed by atoms with E-state index in [1.807, 2.05) is 20.8 Å². The van der Waals surface area contributed by atoms with Gasteiger partial charge in [-0.05, 0) is 74.0 Å². The molecule has 1 saturated heterocycles. The van der Waals surface area contributed by atoms with Crippen molar-refractivity contribution >= 4 is 57.3 Å². The molecule has 2 aromatic carbocycles. The Morgan fingerprint density at radius 1 is 1.15 bits per heavy atom. The van der Waals surface area contributed by atoms with E-state index < -0.39 is 34.5 Å². The maximum Gasteiger partial charge on any atom is 0.416 e. The first-order chi connectivity index (χ1) is 18.7. The van der Waals surface area contributed by atoms with Gasteiger partial charge in [0.15, 0.2) is 5.78 Å². The zero-order valence-electron chi connectivity index (χ0n) is 22.2. The first-order valence-electron chi connectivity index (χ1n) is 12.4. The van der Waals surface area contributed by atoms with Gasteiger partial charge in [-0.1, -0.05) is 30.7 Å². The van der Waals surface area contributed by atoms with Crippen LogP contribution in [0.3, 0.4) is 0 Å². The number of ether oxygens (including phenoxy) is 1. The molecule has 7 nitrogen and oxygen atoms in total. The van der Waals surface area contributed by atoms with Gasteiger partial charge >= 0.3 is 6.18 Å². The maximum absolute atomic E-state index is 13.5. The van der Waals surface area contributed by atoms with Crippen LogP contribution in [-0.4, -0.2) is 49.9 Å². The van der Waals surface area contributed by atoms with Crippen LogP contribution >= 0.6 is 23.4 Å². The summed E-state index contributed by atoms with van der Waals surface area (Å²) in [5.74, 6) is -0.867. The third kappa shape index (κ3) is 6.59. The minimum absolute atomic E-state index is 0.0115. The van der Waals surface area contributed by atoms with Crippen LogP contribution in [0.1, 0.15) is 50.8 Å². The molecule has 2 heterocycles. The van der Waals surface area contributed by atoms with Gasteiger partial charge in [0.2, 0.25) is 0 Å². The van der Waals surface area contributed by atoms with Gasteiger partial charge in [0.25, 0.3) is 11.1 Å². The summed E-state index contributed by atoms with van der Waals surface area (Å²) in [4.78, 5) is 39.7. The molecule has 0 aliphatic carbocycles.